The second-order valence-corrected chi connectivity index (χ2v) is 5.38. The topological polar surface area (TPSA) is 66.8 Å². The Morgan fingerprint density at radius 1 is 1.37 bits per heavy atom. The van der Waals surface area contributed by atoms with Gasteiger partial charge in [-0.25, -0.2) is 4.89 Å². The van der Waals surface area contributed by atoms with Crippen LogP contribution in [0.5, 0.6) is 0 Å². The van der Waals surface area contributed by atoms with E-state index in [1.165, 1.54) is 18.2 Å². The van der Waals surface area contributed by atoms with E-state index in [-0.39, 0.29) is 5.78 Å². The first-order chi connectivity index (χ1) is 8.63. The third-order valence-corrected chi connectivity index (χ3v) is 2.80. The maximum absolute atomic E-state index is 11.8. The van der Waals surface area contributed by atoms with E-state index in [1.54, 1.807) is 33.8 Å². The number of aliphatic hydroxyl groups is 1. The SMILES string of the molecule is C=CC(C)(O)CCC=C(C)C(=O)C=CC(C)(C)OO. The molecule has 0 rings (SSSR count). The van der Waals surface area contributed by atoms with Crippen molar-refractivity contribution in [3.63, 3.8) is 0 Å². The Kier molecular flexibility index (Phi) is 6.90. The highest BCUT2D eigenvalue weighted by Gasteiger charge is 2.15. The van der Waals surface area contributed by atoms with E-state index in [0.29, 0.717) is 18.4 Å². The lowest BCUT2D eigenvalue weighted by Gasteiger charge is -2.16. The summed E-state index contributed by atoms with van der Waals surface area (Å²) in [5, 5.41) is 18.3. The molecule has 2 N–H and O–H groups in total. The molecule has 1 atom stereocenters. The Bertz CT molecular complexity index is 376. The lowest BCUT2D eigenvalue weighted by Crippen LogP contribution is -2.19. The number of hydrogen-bond acceptors (Lipinski definition) is 4. The van der Waals surface area contributed by atoms with Crippen LogP contribution in [-0.2, 0) is 9.68 Å². The van der Waals surface area contributed by atoms with Crippen LogP contribution in [0.3, 0.4) is 0 Å². The van der Waals surface area contributed by atoms with Gasteiger partial charge in [0.05, 0.1) is 5.60 Å². The molecule has 108 valence electrons. The van der Waals surface area contributed by atoms with E-state index in [0.717, 1.165) is 0 Å². The van der Waals surface area contributed by atoms with E-state index in [4.69, 9.17) is 5.26 Å². The zero-order valence-corrected chi connectivity index (χ0v) is 12.1. The van der Waals surface area contributed by atoms with Crippen molar-refractivity contribution in [3.8, 4) is 0 Å². The van der Waals surface area contributed by atoms with Gasteiger partial charge in [-0.15, -0.1) is 6.58 Å². The van der Waals surface area contributed by atoms with Crippen LogP contribution in [0.1, 0.15) is 40.5 Å². The summed E-state index contributed by atoms with van der Waals surface area (Å²) in [6, 6.07) is 0. The monoisotopic (exact) mass is 268 g/mol. The van der Waals surface area contributed by atoms with Gasteiger partial charge >= 0.3 is 0 Å². The highest BCUT2D eigenvalue weighted by molar-refractivity contribution is 6.03. The van der Waals surface area contributed by atoms with Gasteiger partial charge in [0.1, 0.15) is 5.60 Å². The highest BCUT2D eigenvalue weighted by atomic mass is 17.1. The molecule has 1 unspecified atom stereocenters. The molecule has 4 nitrogen and oxygen atoms in total. The highest BCUT2D eigenvalue weighted by Crippen LogP contribution is 2.15. The summed E-state index contributed by atoms with van der Waals surface area (Å²) < 4.78 is 0. The average Bonchev–Trinajstić information content (AvgIpc) is 2.35. The van der Waals surface area contributed by atoms with Crippen molar-refractivity contribution in [2.24, 2.45) is 0 Å². The van der Waals surface area contributed by atoms with Gasteiger partial charge in [0.25, 0.3) is 0 Å². The predicted molar refractivity (Wildman–Crippen MR) is 75.8 cm³/mol. The van der Waals surface area contributed by atoms with E-state index in [2.05, 4.69) is 11.5 Å². The summed E-state index contributed by atoms with van der Waals surface area (Å²) in [5.41, 5.74) is -1.21. The quantitative estimate of drug-likeness (QED) is 0.307. The van der Waals surface area contributed by atoms with Crippen LogP contribution in [0.4, 0.5) is 0 Å². The molecule has 0 saturated heterocycles. The molecule has 0 amide bonds. The summed E-state index contributed by atoms with van der Waals surface area (Å²) in [5.74, 6) is -0.150. The minimum Gasteiger partial charge on any atom is -0.386 e. The van der Waals surface area contributed by atoms with Crippen LogP contribution in [0.2, 0.25) is 0 Å². The molecular formula is C15H24O4. The molecule has 0 aliphatic rings. The van der Waals surface area contributed by atoms with Crippen molar-refractivity contribution >= 4 is 5.78 Å². The fourth-order valence-corrected chi connectivity index (χ4v) is 1.22. The lowest BCUT2D eigenvalue weighted by molar-refractivity contribution is -0.297. The van der Waals surface area contributed by atoms with Crippen LogP contribution in [0.25, 0.3) is 0 Å². The first-order valence-electron chi connectivity index (χ1n) is 6.22. The third-order valence-electron chi connectivity index (χ3n) is 2.80. The van der Waals surface area contributed by atoms with E-state index in [9.17, 15) is 9.90 Å². The molecule has 0 aromatic rings. The minimum atomic E-state index is -0.914. The van der Waals surface area contributed by atoms with Gasteiger partial charge in [0.2, 0.25) is 0 Å². The Hall–Kier alpha value is -1.23. The minimum absolute atomic E-state index is 0.150. The van der Waals surface area contributed by atoms with Crippen molar-refractivity contribution in [2.75, 3.05) is 0 Å². The Morgan fingerprint density at radius 3 is 2.42 bits per heavy atom. The summed E-state index contributed by atoms with van der Waals surface area (Å²) >= 11 is 0. The molecular weight excluding hydrogens is 244 g/mol. The summed E-state index contributed by atoms with van der Waals surface area (Å²) in [6.45, 7) is 10.2. The van der Waals surface area contributed by atoms with E-state index in [1.807, 2.05) is 0 Å². The molecule has 0 fully saturated rings. The van der Waals surface area contributed by atoms with Crippen molar-refractivity contribution in [2.45, 2.75) is 51.7 Å². The van der Waals surface area contributed by atoms with E-state index >= 15 is 0 Å². The Labute approximate surface area is 115 Å². The van der Waals surface area contributed by atoms with Gasteiger partial charge in [0.15, 0.2) is 5.78 Å². The molecule has 0 aromatic carbocycles. The van der Waals surface area contributed by atoms with Gasteiger partial charge in [-0.1, -0.05) is 12.2 Å². The molecule has 0 heterocycles. The fraction of sp³-hybridized carbons (Fsp3) is 0.533. The number of allylic oxidation sites excluding steroid dienone is 3. The summed E-state index contributed by atoms with van der Waals surface area (Å²) in [4.78, 5) is 16.0. The van der Waals surface area contributed by atoms with Crippen molar-refractivity contribution in [3.05, 3.63) is 36.5 Å². The summed E-state index contributed by atoms with van der Waals surface area (Å²) in [7, 11) is 0. The van der Waals surface area contributed by atoms with Crippen LogP contribution >= 0.6 is 0 Å². The average molecular weight is 268 g/mol. The van der Waals surface area contributed by atoms with Crippen LogP contribution in [0.15, 0.2) is 36.5 Å². The zero-order valence-electron chi connectivity index (χ0n) is 12.1. The van der Waals surface area contributed by atoms with Gasteiger partial charge in [0, 0.05) is 0 Å². The molecule has 0 aliphatic carbocycles. The molecule has 0 saturated carbocycles. The maximum atomic E-state index is 11.8. The molecule has 0 bridgehead atoms. The largest absolute Gasteiger partial charge is 0.386 e. The van der Waals surface area contributed by atoms with Crippen LogP contribution < -0.4 is 0 Å². The molecule has 0 radical (unpaired) electrons. The van der Waals surface area contributed by atoms with Crippen LogP contribution in [0, 0.1) is 0 Å². The van der Waals surface area contributed by atoms with Crippen molar-refractivity contribution in [1.29, 1.82) is 0 Å². The first-order valence-corrected chi connectivity index (χ1v) is 6.22. The van der Waals surface area contributed by atoms with Crippen molar-refractivity contribution in [1.82, 2.24) is 0 Å². The number of rotatable bonds is 8. The predicted octanol–water partition coefficient (Wildman–Crippen LogP) is 3.04. The standard InChI is InChI=1S/C15H24O4/c1-6-15(5,17)10-7-8-12(2)13(16)9-11-14(3,4)19-18/h6,8-9,11,17-18H,1,7,10H2,2-5H3. The first kappa shape index (κ1) is 17.8. The van der Waals surface area contributed by atoms with Crippen LogP contribution in [-0.4, -0.2) is 27.3 Å². The van der Waals surface area contributed by atoms with Gasteiger partial charge in [-0.2, -0.15) is 0 Å². The number of carbonyl (C=O) groups is 1. The maximum Gasteiger partial charge on any atom is 0.181 e. The Morgan fingerprint density at radius 2 is 1.95 bits per heavy atom. The van der Waals surface area contributed by atoms with Gasteiger partial charge in [-0.3, -0.25) is 10.1 Å². The fourth-order valence-electron chi connectivity index (χ4n) is 1.22. The third kappa shape index (κ3) is 7.72. The van der Waals surface area contributed by atoms with Crippen molar-refractivity contribution < 1.29 is 20.0 Å². The number of ketones is 1. The smallest absolute Gasteiger partial charge is 0.181 e. The summed E-state index contributed by atoms with van der Waals surface area (Å²) in [6.07, 6.45) is 7.22. The second kappa shape index (κ2) is 7.38. The van der Waals surface area contributed by atoms with Gasteiger partial charge in [-0.05, 0) is 58.3 Å². The molecule has 0 aromatic heterocycles. The second-order valence-electron chi connectivity index (χ2n) is 5.38. The molecule has 0 aliphatic heterocycles. The van der Waals surface area contributed by atoms with Gasteiger partial charge < -0.3 is 5.11 Å². The lowest BCUT2D eigenvalue weighted by atomic mass is 9.99. The normalized spacial score (nSPS) is 16.4. The van der Waals surface area contributed by atoms with E-state index < -0.39 is 11.2 Å². The molecule has 0 spiro atoms. The number of carbonyl (C=O) groups excluding carboxylic acids is 1. The Balaban J connectivity index is 4.46. The molecule has 4 heteroatoms. The number of hydrogen-bond donors (Lipinski definition) is 2. The zero-order chi connectivity index (χ0) is 15.1. The molecule has 19 heavy (non-hydrogen) atoms.